The molecule has 8 heteroatoms. The number of hydrogen-bond acceptors (Lipinski definition) is 6. The molecule has 3 rings (SSSR count). The Labute approximate surface area is 171 Å². The van der Waals surface area contributed by atoms with E-state index in [0.717, 1.165) is 15.8 Å². The van der Waals surface area contributed by atoms with E-state index in [0.29, 0.717) is 17.3 Å². The summed E-state index contributed by atoms with van der Waals surface area (Å²) < 4.78 is 5.81. The summed E-state index contributed by atoms with van der Waals surface area (Å²) >= 11 is 6.49. The summed E-state index contributed by atoms with van der Waals surface area (Å²) in [5, 5.41) is 6.13. The number of amides is 1. The van der Waals surface area contributed by atoms with Crippen molar-refractivity contribution in [2.24, 2.45) is 0 Å². The van der Waals surface area contributed by atoms with Gasteiger partial charge in [-0.1, -0.05) is 41.7 Å². The van der Waals surface area contributed by atoms with Gasteiger partial charge in [-0.05, 0) is 49.0 Å². The van der Waals surface area contributed by atoms with Crippen LogP contribution >= 0.6 is 23.6 Å². The largest absolute Gasteiger partial charge is 0.462 e. The molecule has 0 saturated heterocycles. The minimum absolute atomic E-state index is 0.146. The van der Waals surface area contributed by atoms with Crippen LogP contribution in [0, 0.1) is 0 Å². The first-order chi connectivity index (χ1) is 13.5. The van der Waals surface area contributed by atoms with Gasteiger partial charge >= 0.3 is 5.97 Å². The highest BCUT2D eigenvalue weighted by Crippen LogP contribution is 2.27. The van der Waals surface area contributed by atoms with Crippen molar-refractivity contribution in [3.05, 3.63) is 65.7 Å². The Kier molecular flexibility index (Phi) is 6.46. The number of aromatic nitrogens is 1. The van der Waals surface area contributed by atoms with Crippen LogP contribution in [0.1, 0.15) is 22.8 Å². The van der Waals surface area contributed by atoms with Gasteiger partial charge in [0.05, 0.1) is 22.4 Å². The van der Waals surface area contributed by atoms with Crippen LogP contribution in [0.15, 0.2) is 54.6 Å². The zero-order valence-corrected chi connectivity index (χ0v) is 16.6. The van der Waals surface area contributed by atoms with Gasteiger partial charge in [0.15, 0.2) is 10.2 Å². The molecule has 0 aliphatic heterocycles. The van der Waals surface area contributed by atoms with E-state index in [1.165, 1.54) is 17.4 Å². The predicted molar refractivity (Wildman–Crippen MR) is 115 cm³/mol. The molecule has 0 fully saturated rings. The molecule has 2 aromatic carbocycles. The molecular formula is C20H17N3O3S2. The first kappa shape index (κ1) is 19.7. The van der Waals surface area contributed by atoms with Gasteiger partial charge in [-0.3, -0.25) is 10.1 Å². The molecule has 3 aromatic rings. The molecule has 0 spiro atoms. The van der Waals surface area contributed by atoms with Gasteiger partial charge in [0.1, 0.15) is 0 Å². The minimum atomic E-state index is -0.375. The second-order valence-electron chi connectivity index (χ2n) is 5.61. The SMILES string of the molecule is CCOC(=O)c1ccc2nc(NC(=S)NC(=O)/C=C/c3ccccc3)sc2c1. The quantitative estimate of drug-likeness (QED) is 0.375. The number of thiazole rings is 1. The van der Waals surface area contributed by atoms with E-state index in [-0.39, 0.29) is 17.0 Å². The van der Waals surface area contributed by atoms with E-state index < -0.39 is 0 Å². The lowest BCUT2D eigenvalue weighted by atomic mass is 10.2. The van der Waals surface area contributed by atoms with Crippen LogP contribution in [-0.4, -0.2) is 28.6 Å². The number of anilines is 1. The number of rotatable bonds is 5. The van der Waals surface area contributed by atoms with E-state index in [9.17, 15) is 9.59 Å². The number of benzene rings is 2. The van der Waals surface area contributed by atoms with Crippen LogP contribution in [-0.2, 0) is 9.53 Å². The fourth-order valence-corrected chi connectivity index (χ4v) is 3.51. The molecule has 28 heavy (non-hydrogen) atoms. The maximum absolute atomic E-state index is 12.0. The van der Waals surface area contributed by atoms with Gasteiger partial charge in [0, 0.05) is 6.08 Å². The molecule has 0 aliphatic carbocycles. The van der Waals surface area contributed by atoms with Gasteiger partial charge in [-0.25, -0.2) is 9.78 Å². The van der Waals surface area contributed by atoms with E-state index in [4.69, 9.17) is 17.0 Å². The Balaban J connectivity index is 1.62. The van der Waals surface area contributed by atoms with E-state index in [2.05, 4.69) is 15.6 Å². The van der Waals surface area contributed by atoms with Crippen molar-refractivity contribution in [2.75, 3.05) is 11.9 Å². The smallest absolute Gasteiger partial charge is 0.338 e. The Hall–Kier alpha value is -3.10. The number of nitrogens with one attached hydrogen (secondary N) is 2. The van der Waals surface area contributed by atoms with Gasteiger partial charge in [0.2, 0.25) is 5.91 Å². The van der Waals surface area contributed by atoms with Gasteiger partial charge in [-0.2, -0.15) is 0 Å². The normalized spacial score (nSPS) is 10.8. The second-order valence-corrected chi connectivity index (χ2v) is 7.05. The van der Waals surface area contributed by atoms with Crippen molar-refractivity contribution < 1.29 is 14.3 Å². The second kappa shape index (κ2) is 9.20. The summed E-state index contributed by atoms with van der Waals surface area (Å²) in [4.78, 5) is 28.2. The summed E-state index contributed by atoms with van der Waals surface area (Å²) in [6.07, 6.45) is 3.11. The average molecular weight is 412 g/mol. The standard InChI is InChI=1S/C20H17N3O3S2/c1-2-26-18(25)14-9-10-15-16(12-14)28-20(21-15)23-19(27)22-17(24)11-8-13-6-4-3-5-7-13/h3-12H,2H2,1H3,(H2,21,22,23,24,27)/b11-8+. The number of ether oxygens (including phenoxy) is 1. The third kappa shape index (κ3) is 5.21. The number of esters is 1. The number of fused-ring (bicyclic) bond motifs is 1. The Morgan fingerprint density at radius 2 is 2.00 bits per heavy atom. The molecule has 2 N–H and O–H groups in total. The molecule has 0 bridgehead atoms. The average Bonchev–Trinajstić information content (AvgIpc) is 3.08. The summed E-state index contributed by atoms with van der Waals surface area (Å²) in [6, 6.07) is 14.6. The monoisotopic (exact) mass is 411 g/mol. The van der Waals surface area contributed by atoms with Crippen molar-refractivity contribution in [3.8, 4) is 0 Å². The molecular weight excluding hydrogens is 394 g/mol. The number of carbonyl (C=O) groups excluding carboxylic acids is 2. The molecule has 6 nitrogen and oxygen atoms in total. The van der Waals surface area contributed by atoms with Crippen LogP contribution in [0.2, 0.25) is 0 Å². The lowest BCUT2D eigenvalue weighted by Gasteiger charge is -2.04. The van der Waals surface area contributed by atoms with Crippen LogP contribution in [0.4, 0.5) is 5.13 Å². The molecule has 1 heterocycles. The minimum Gasteiger partial charge on any atom is -0.462 e. The number of nitrogens with zero attached hydrogens (tertiary/aromatic N) is 1. The topological polar surface area (TPSA) is 80.3 Å². The maximum atomic E-state index is 12.0. The zero-order chi connectivity index (χ0) is 19.9. The van der Waals surface area contributed by atoms with Crippen molar-refractivity contribution in [1.29, 1.82) is 0 Å². The Morgan fingerprint density at radius 1 is 1.21 bits per heavy atom. The fraction of sp³-hybridized carbons (Fsp3) is 0.100. The van der Waals surface area contributed by atoms with Gasteiger partial charge < -0.3 is 10.1 Å². The zero-order valence-electron chi connectivity index (χ0n) is 15.0. The summed E-state index contributed by atoms with van der Waals surface area (Å²) in [5.74, 6) is -0.715. The first-order valence-corrected chi connectivity index (χ1v) is 9.70. The summed E-state index contributed by atoms with van der Waals surface area (Å²) in [7, 11) is 0. The highest BCUT2D eigenvalue weighted by atomic mass is 32.1. The van der Waals surface area contributed by atoms with E-state index in [1.54, 1.807) is 31.2 Å². The van der Waals surface area contributed by atoms with Gasteiger partial charge in [-0.15, -0.1) is 0 Å². The predicted octanol–water partition coefficient (Wildman–Crippen LogP) is 4.00. The van der Waals surface area contributed by atoms with Crippen molar-refractivity contribution in [3.63, 3.8) is 0 Å². The summed E-state index contributed by atoms with van der Waals surface area (Å²) in [6.45, 7) is 2.08. The van der Waals surface area contributed by atoms with Crippen LogP contribution < -0.4 is 10.6 Å². The lowest BCUT2D eigenvalue weighted by Crippen LogP contribution is -2.32. The van der Waals surface area contributed by atoms with Crippen molar-refractivity contribution in [2.45, 2.75) is 6.92 Å². The number of carbonyl (C=O) groups is 2. The molecule has 0 radical (unpaired) electrons. The fourth-order valence-electron chi connectivity index (χ4n) is 2.34. The molecule has 0 saturated carbocycles. The van der Waals surface area contributed by atoms with Crippen LogP contribution in [0.3, 0.4) is 0 Å². The van der Waals surface area contributed by atoms with E-state index in [1.807, 2.05) is 30.3 Å². The summed E-state index contributed by atoms with van der Waals surface area (Å²) in [5.41, 5.74) is 2.10. The molecule has 1 aromatic heterocycles. The third-order valence-corrected chi connectivity index (χ3v) is 4.72. The lowest BCUT2D eigenvalue weighted by molar-refractivity contribution is -0.115. The molecule has 0 unspecified atom stereocenters. The Bertz CT molecular complexity index is 1050. The number of hydrogen-bond donors (Lipinski definition) is 2. The highest BCUT2D eigenvalue weighted by Gasteiger charge is 2.11. The molecule has 0 atom stereocenters. The van der Waals surface area contributed by atoms with Crippen molar-refractivity contribution >= 4 is 62.0 Å². The van der Waals surface area contributed by atoms with Crippen LogP contribution in [0.25, 0.3) is 16.3 Å². The molecule has 1 amide bonds. The van der Waals surface area contributed by atoms with Crippen molar-refractivity contribution in [1.82, 2.24) is 10.3 Å². The molecule has 142 valence electrons. The van der Waals surface area contributed by atoms with E-state index >= 15 is 0 Å². The molecule has 0 aliphatic rings. The van der Waals surface area contributed by atoms with Gasteiger partial charge in [0.25, 0.3) is 0 Å². The Morgan fingerprint density at radius 3 is 2.75 bits per heavy atom. The first-order valence-electron chi connectivity index (χ1n) is 8.48. The highest BCUT2D eigenvalue weighted by molar-refractivity contribution is 7.80. The van der Waals surface area contributed by atoms with Crippen LogP contribution in [0.5, 0.6) is 0 Å². The third-order valence-electron chi connectivity index (χ3n) is 3.58. The number of thiocarbonyl (C=S) groups is 1. The maximum Gasteiger partial charge on any atom is 0.338 e.